The van der Waals surface area contributed by atoms with Crippen molar-refractivity contribution in [1.29, 1.82) is 0 Å². The minimum absolute atomic E-state index is 0.137. The number of halogens is 1. The fraction of sp³-hybridized carbons (Fsp3) is 0.250. The molecule has 2 aromatic heterocycles. The van der Waals surface area contributed by atoms with Gasteiger partial charge in [-0.25, -0.2) is 4.98 Å². The molecule has 7 heteroatoms. The van der Waals surface area contributed by atoms with Crippen molar-refractivity contribution in [3.63, 3.8) is 0 Å². The van der Waals surface area contributed by atoms with Gasteiger partial charge in [-0.2, -0.15) is 5.10 Å². The lowest BCUT2D eigenvalue weighted by Gasteiger charge is -2.11. The topological polar surface area (TPSA) is 59.8 Å². The van der Waals surface area contributed by atoms with Crippen molar-refractivity contribution >= 4 is 34.9 Å². The van der Waals surface area contributed by atoms with Crippen LogP contribution in [0.5, 0.6) is 0 Å². The van der Waals surface area contributed by atoms with Crippen LogP contribution in [0.1, 0.15) is 34.8 Å². The summed E-state index contributed by atoms with van der Waals surface area (Å²) in [5, 5.41) is 8.69. The average Bonchev–Trinajstić information content (AvgIpc) is 3.14. The van der Waals surface area contributed by atoms with Crippen molar-refractivity contribution in [3.8, 4) is 10.6 Å². The number of aromatic nitrogens is 3. The molecule has 0 saturated heterocycles. The van der Waals surface area contributed by atoms with Gasteiger partial charge in [0.05, 0.1) is 22.3 Å². The van der Waals surface area contributed by atoms with E-state index in [9.17, 15) is 4.79 Å². The molecule has 140 valence electrons. The maximum Gasteiger partial charge on any atom is 0.244 e. The van der Waals surface area contributed by atoms with Crippen LogP contribution in [0, 0.1) is 13.8 Å². The Balaban J connectivity index is 1.72. The molecule has 0 fully saturated rings. The van der Waals surface area contributed by atoms with Gasteiger partial charge in [0.25, 0.3) is 0 Å². The summed E-state index contributed by atoms with van der Waals surface area (Å²) in [5.74, 6) is -0.184. The Morgan fingerprint density at radius 1 is 1.26 bits per heavy atom. The van der Waals surface area contributed by atoms with E-state index in [1.807, 2.05) is 51.1 Å². The summed E-state index contributed by atoms with van der Waals surface area (Å²) < 4.78 is 1.59. The summed E-state index contributed by atoms with van der Waals surface area (Å²) in [6, 6.07) is 9.90. The van der Waals surface area contributed by atoms with Gasteiger partial charge in [-0.3, -0.25) is 9.48 Å². The molecule has 0 aliphatic heterocycles. The highest BCUT2D eigenvalue weighted by Crippen LogP contribution is 2.31. The molecular formula is C20H21ClN4OS. The predicted molar refractivity (Wildman–Crippen MR) is 111 cm³/mol. The minimum Gasteiger partial charge on any atom is -0.345 e. The highest BCUT2D eigenvalue weighted by molar-refractivity contribution is 7.15. The van der Waals surface area contributed by atoms with Gasteiger partial charge in [0.1, 0.15) is 10.2 Å². The molecule has 1 atom stereocenters. The number of nitrogens with zero attached hydrogens (tertiary/aromatic N) is 3. The molecule has 27 heavy (non-hydrogen) atoms. The molecule has 1 aromatic carbocycles. The molecule has 1 unspecified atom stereocenters. The first kappa shape index (κ1) is 19.3. The van der Waals surface area contributed by atoms with Gasteiger partial charge in [-0.15, -0.1) is 11.3 Å². The van der Waals surface area contributed by atoms with E-state index in [0.717, 1.165) is 32.4 Å². The summed E-state index contributed by atoms with van der Waals surface area (Å²) in [5.41, 5.74) is 3.55. The third-order valence-corrected chi connectivity index (χ3v) is 6.04. The molecule has 3 aromatic rings. The SMILES string of the molecule is Cc1nc(-c2ccccc2)sc1C(C)NC(=O)/C=C/c1c(C)nn(C)c1Cl. The second-order valence-electron chi connectivity index (χ2n) is 6.31. The van der Waals surface area contributed by atoms with Crippen LogP contribution in [-0.2, 0) is 11.8 Å². The monoisotopic (exact) mass is 400 g/mol. The van der Waals surface area contributed by atoms with E-state index in [2.05, 4.69) is 15.4 Å². The van der Waals surface area contributed by atoms with Gasteiger partial charge >= 0.3 is 0 Å². The number of benzene rings is 1. The Bertz CT molecular complexity index is 991. The average molecular weight is 401 g/mol. The normalized spacial score (nSPS) is 12.5. The first-order valence-corrected chi connectivity index (χ1v) is 9.76. The molecule has 0 aliphatic carbocycles. The van der Waals surface area contributed by atoms with Crippen molar-refractivity contribution in [2.45, 2.75) is 26.8 Å². The zero-order valence-corrected chi connectivity index (χ0v) is 17.2. The zero-order valence-electron chi connectivity index (χ0n) is 15.7. The molecule has 0 bridgehead atoms. The number of aryl methyl sites for hydroxylation is 3. The van der Waals surface area contributed by atoms with E-state index in [-0.39, 0.29) is 11.9 Å². The van der Waals surface area contributed by atoms with Gasteiger partial charge in [-0.1, -0.05) is 41.9 Å². The fourth-order valence-electron chi connectivity index (χ4n) is 2.84. The predicted octanol–water partition coefficient (Wildman–Crippen LogP) is 4.70. The summed E-state index contributed by atoms with van der Waals surface area (Å²) in [4.78, 5) is 18.0. The standard InChI is InChI=1S/C20H21ClN4OS/c1-12-16(19(21)25(4)24-12)10-11-17(26)22-13(2)18-14(3)23-20(27-18)15-8-6-5-7-9-15/h5-11,13H,1-4H3,(H,22,26)/b11-10+. The third-order valence-electron chi connectivity index (χ3n) is 4.20. The number of nitrogens with one attached hydrogen (secondary N) is 1. The van der Waals surface area contributed by atoms with Crippen LogP contribution >= 0.6 is 22.9 Å². The van der Waals surface area contributed by atoms with Crippen molar-refractivity contribution < 1.29 is 4.79 Å². The van der Waals surface area contributed by atoms with Crippen LogP contribution in [0.2, 0.25) is 5.15 Å². The minimum atomic E-state index is -0.184. The van der Waals surface area contributed by atoms with Crippen LogP contribution in [0.4, 0.5) is 0 Å². The van der Waals surface area contributed by atoms with E-state index < -0.39 is 0 Å². The molecule has 5 nitrogen and oxygen atoms in total. The number of hydrogen-bond donors (Lipinski definition) is 1. The first-order valence-electron chi connectivity index (χ1n) is 8.57. The molecule has 0 aliphatic rings. The maximum absolute atomic E-state index is 12.3. The van der Waals surface area contributed by atoms with Crippen molar-refractivity contribution in [2.24, 2.45) is 7.05 Å². The second kappa shape index (κ2) is 8.06. The molecule has 2 heterocycles. The van der Waals surface area contributed by atoms with Crippen LogP contribution < -0.4 is 5.32 Å². The number of rotatable bonds is 5. The lowest BCUT2D eigenvalue weighted by atomic mass is 10.2. The van der Waals surface area contributed by atoms with Gasteiger partial charge in [0.15, 0.2) is 0 Å². The summed E-state index contributed by atoms with van der Waals surface area (Å²) in [6.07, 6.45) is 3.18. The Morgan fingerprint density at radius 2 is 1.96 bits per heavy atom. The molecule has 3 rings (SSSR count). The van der Waals surface area contributed by atoms with Gasteiger partial charge in [0.2, 0.25) is 5.91 Å². The first-order chi connectivity index (χ1) is 12.9. The van der Waals surface area contributed by atoms with Crippen LogP contribution in [0.25, 0.3) is 16.6 Å². The number of carbonyl (C=O) groups excluding carboxylic acids is 1. The Hall–Kier alpha value is -2.44. The maximum atomic E-state index is 12.3. The van der Waals surface area contributed by atoms with Crippen LogP contribution in [0.15, 0.2) is 36.4 Å². The summed E-state index contributed by atoms with van der Waals surface area (Å²) in [7, 11) is 1.77. The van der Waals surface area contributed by atoms with E-state index in [1.165, 1.54) is 6.08 Å². The van der Waals surface area contributed by atoms with Gasteiger partial charge in [-0.05, 0) is 26.8 Å². The number of carbonyl (C=O) groups is 1. The van der Waals surface area contributed by atoms with E-state index >= 15 is 0 Å². The Labute approximate surface area is 167 Å². The van der Waals surface area contributed by atoms with Gasteiger partial charge < -0.3 is 5.32 Å². The van der Waals surface area contributed by atoms with E-state index in [4.69, 9.17) is 11.6 Å². The van der Waals surface area contributed by atoms with E-state index in [1.54, 1.807) is 29.1 Å². The zero-order chi connectivity index (χ0) is 19.6. The number of thiazole rings is 1. The summed E-state index contributed by atoms with van der Waals surface area (Å²) in [6.45, 7) is 5.79. The number of hydrogen-bond acceptors (Lipinski definition) is 4. The van der Waals surface area contributed by atoms with Crippen molar-refractivity contribution in [1.82, 2.24) is 20.1 Å². The van der Waals surface area contributed by atoms with Gasteiger partial charge in [0, 0.05) is 24.3 Å². The third kappa shape index (κ3) is 4.28. The molecule has 0 radical (unpaired) electrons. The molecular weight excluding hydrogens is 380 g/mol. The molecule has 1 amide bonds. The Kier molecular flexibility index (Phi) is 5.77. The lowest BCUT2D eigenvalue weighted by molar-refractivity contribution is -0.117. The molecule has 0 saturated carbocycles. The Morgan fingerprint density at radius 3 is 2.59 bits per heavy atom. The highest BCUT2D eigenvalue weighted by Gasteiger charge is 2.16. The smallest absolute Gasteiger partial charge is 0.244 e. The highest BCUT2D eigenvalue weighted by atomic mass is 35.5. The molecule has 0 spiro atoms. The van der Waals surface area contributed by atoms with Crippen molar-refractivity contribution in [3.05, 3.63) is 63.4 Å². The van der Waals surface area contributed by atoms with E-state index in [0.29, 0.717) is 5.15 Å². The lowest BCUT2D eigenvalue weighted by Crippen LogP contribution is -2.24. The fourth-order valence-corrected chi connectivity index (χ4v) is 4.15. The second-order valence-corrected chi connectivity index (χ2v) is 7.70. The quantitative estimate of drug-likeness (QED) is 0.631. The molecule has 1 N–H and O–H groups in total. The number of amides is 1. The van der Waals surface area contributed by atoms with Crippen molar-refractivity contribution in [2.75, 3.05) is 0 Å². The summed E-state index contributed by atoms with van der Waals surface area (Å²) >= 11 is 7.79. The van der Waals surface area contributed by atoms with Crippen LogP contribution in [0.3, 0.4) is 0 Å². The largest absolute Gasteiger partial charge is 0.345 e. The van der Waals surface area contributed by atoms with Crippen LogP contribution in [-0.4, -0.2) is 20.7 Å².